The van der Waals surface area contributed by atoms with Crippen molar-refractivity contribution < 1.29 is 13.9 Å². The van der Waals surface area contributed by atoms with E-state index in [-0.39, 0.29) is 23.0 Å². The Hall–Kier alpha value is -1.70. The van der Waals surface area contributed by atoms with Crippen LogP contribution in [0.15, 0.2) is 15.3 Å². The van der Waals surface area contributed by atoms with Gasteiger partial charge in [-0.15, -0.1) is 0 Å². The van der Waals surface area contributed by atoms with E-state index in [1.54, 1.807) is 4.90 Å². The second kappa shape index (κ2) is 7.13. The van der Waals surface area contributed by atoms with E-state index in [0.29, 0.717) is 31.0 Å². The number of morpholine rings is 1. The Bertz CT molecular complexity index is 733. The number of piperidine rings is 1. The Labute approximate surface area is 153 Å². The monoisotopic (exact) mass is 361 g/mol. The van der Waals surface area contributed by atoms with Gasteiger partial charge in [-0.05, 0) is 50.9 Å². The average Bonchev–Trinajstić information content (AvgIpc) is 3.09. The first-order chi connectivity index (χ1) is 12.6. The number of carbonyl (C=O) groups excluding carboxylic acids is 1. The van der Waals surface area contributed by atoms with Gasteiger partial charge in [0.15, 0.2) is 0 Å². The number of nitrogens with zero attached hydrogens (tertiary/aromatic N) is 1. The third kappa shape index (κ3) is 3.31. The zero-order valence-corrected chi connectivity index (χ0v) is 15.3. The Kier molecular flexibility index (Phi) is 4.86. The summed E-state index contributed by atoms with van der Waals surface area (Å²) in [4.78, 5) is 27.4. The Balaban J connectivity index is 1.56. The minimum Gasteiger partial charge on any atom is -0.427 e. The largest absolute Gasteiger partial charge is 0.427 e. The highest BCUT2D eigenvalue weighted by atomic mass is 16.5. The van der Waals surface area contributed by atoms with Crippen LogP contribution >= 0.6 is 0 Å². The molecule has 7 nitrogen and oxygen atoms in total. The molecule has 1 aromatic heterocycles. The summed E-state index contributed by atoms with van der Waals surface area (Å²) >= 11 is 0. The fraction of sp³-hybridized carbons (Fsp3) is 0.684. The van der Waals surface area contributed by atoms with Gasteiger partial charge >= 0.3 is 5.63 Å². The molecule has 2 unspecified atom stereocenters. The van der Waals surface area contributed by atoms with Crippen LogP contribution in [-0.4, -0.2) is 62.3 Å². The van der Waals surface area contributed by atoms with E-state index in [1.165, 1.54) is 0 Å². The maximum absolute atomic E-state index is 13.0. The Morgan fingerprint density at radius 2 is 2.23 bits per heavy atom. The molecule has 2 N–H and O–H groups in total. The molecule has 2 atom stereocenters. The van der Waals surface area contributed by atoms with Gasteiger partial charge in [-0.25, -0.2) is 4.79 Å². The van der Waals surface area contributed by atoms with Crippen LogP contribution in [0.2, 0.25) is 0 Å². The highest BCUT2D eigenvalue weighted by Crippen LogP contribution is 2.27. The molecule has 1 spiro atoms. The van der Waals surface area contributed by atoms with Crippen molar-refractivity contribution in [2.45, 2.75) is 37.7 Å². The van der Waals surface area contributed by atoms with Gasteiger partial charge in [-0.3, -0.25) is 4.79 Å². The molecule has 0 aromatic carbocycles. The number of carbonyl (C=O) groups is 1. The quantitative estimate of drug-likeness (QED) is 0.803. The summed E-state index contributed by atoms with van der Waals surface area (Å²) in [5.74, 6) is 0.657. The van der Waals surface area contributed by atoms with E-state index in [9.17, 15) is 9.59 Å². The highest BCUT2D eigenvalue weighted by molar-refractivity contribution is 5.95. The fourth-order valence-corrected chi connectivity index (χ4v) is 4.34. The summed E-state index contributed by atoms with van der Waals surface area (Å²) in [5, 5.41) is 6.63. The number of hydrogen-bond acceptors (Lipinski definition) is 6. The van der Waals surface area contributed by atoms with E-state index in [4.69, 9.17) is 9.15 Å². The van der Waals surface area contributed by atoms with Gasteiger partial charge < -0.3 is 24.7 Å². The smallest absolute Gasteiger partial charge is 0.349 e. The molecule has 3 fully saturated rings. The minimum absolute atomic E-state index is 0.167. The molecule has 0 aliphatic carbocycles. The van der Waals surface area contributed by atoms with Gasteiger partial charge in [0.25, 0.3) is 5.91 Å². The minimum atomic E-state index is -0.513. The Morgan fingerprint density at radius 1 is 1.35 bits per heavy atom. The number of hydrogen-bond donors (Lipinski definition) is 2. The topological polar surface area (TPSA) is 83.8 Å². The molecule has 0 radical (unpaired) electrons. The summed E-state index contributed by atoms with van der Waals surface area (Å²) in [5.41, 5.74) is 0.0495. The third-order valence-electron chi connectivity index (χ3n) is 5.82. The van der Waals surface area contributed by atoms with Crippen LogP contribution in [0.1, 0.15) is 46.9 Å². The van der Waals surface area contributed by atoms with Gasteiger partial charge in [0.05, 0.1) is 18.8 Å². The normalized spacial score (nSPS) is 29.3. The van der Waals surface area contributed by atoms with Gasteiger partial charge in [-0.2, -0.15) is 0 Å². The first kappa shape index (κ1) is 17.7. The maximum Gasteiger partial charge on any atom is 0.349 e. The second-order valence-corrected chi connectivity index (χ2v) is 7.72. The molecule has 4 rings (SSSR count). The fourth-order valence-electron chi connectivity index (χ4n) is 4.34. The lowest BCUT2D eigenvalue weighted by Gasteiger charge is -2.40. The van der Waals surface area contributed by atoms with E-state index >= 15 is 0 Å². The molecular weight excluding hydrogens is 334 g/mol. The summed E-state index contributed by atoms with van der Waals surface area (Å²) in [6.07, 6.45) is 2.96. The van der Waals surface area contributed by atoms with Crippen LogP contribution in [0.25, 0.3) is 0 Å². The molecule has 7 heteroatoms. The van der Waals surface area contributed by atoms with Gasteiger partial charge in [0.2, 0.25) is 0 Å². The molecule has 0 bridgehead atoms. The van der Waals surface area contributed by atoms with Crippen molar-refractivity contribution in [3.05, 3.63) is 33.4 Å². The van der Waals surface area contributed by atoms with E-state index in [2.05, 4.69) is 10.6 Å². The van der Waals surface area contributed by atoms with Gasteiger partial charge in [0.1, 0.15) is 11.3 Å². The molecule has 142 valence electrons. The predicted octanol–water partition coefficient (Wildman–Crippen LogP) is 0.620. The number of amides is 1. The van der Waals surface area contributed by atoms with Crippen molar-refractivity contribution in [1.29, 1.82) is 0 Å². The number of ether oxygens (including phenoxy) is 1. The molecule has 3 aliphatic rings. The molecule has 1 amide bonds. The average molecular weight is 361 g/mol. The SMILES string of the molecule is Cc1cc(C2CCCNC2)oc(=O)c1C(=O)N1CCOC2(CCNC2)C1. The van der Waals surface area contributed by atoms with Gasteiger partial charge in [-0.1, -0.05) is 0 Å². The third-order valence-corrected chi connectivity index (χ3v) is 5.82. The summed E-state index contributed by atoms with van der Waals surface area (Å²) in [6, 6.07) is 1.87. The van der Waals surface area contributed by atoms with Crippen molar-refractivity contribution in [3.63, 3.8) is 0 Å². The molecule has 3 saturated heterocycles. The summed E-state index contributed by atoms with van der Waals surface area (Å²) < 4.78 is 11.5. The lowest BCUT2D eigenvalue weighted by atomic mass is 9.95. The first-order valence-electron chi connectivity index (χ1n) is 9.57. The molecular formula is C19H27N3O4. The van der Waals surface area contributed by atoms with Crippen LogP contribution in [0.3, 0.4) is 0 Å². The highest BCUT2D eigenvalue weighted by Gasteiger charge is 2.41. The van der Waals surface area contributed by atoms with Crippen LogP contribution in [-0.2, 0) is 4.74 Å². The predicted molar refractivity (Wildman–Crippen MR) is 96.6 cm³/mol. The maximum atomic E-state index is 13.0. The van der Waals surface area contributed by atoms with E-state index in [1.807, 2.05) is 13.0 Å². The van der Waals surface area contributed by atoms with Crippen molar-refractivity contribution in [2.75, 3.05) is 45.9 Å². The lowest BCUT2D eigenvalue weighted by molar-refractivity contribution is -0.0867. The van der Waals surface area contributed by atoms with Crippen molar-refractivity contribution in [2.24, 2.45) is 0 Å². The first-order valence-corrected chi connectivity index (χ1v) is 9.57. The zero-order chi connectivity index (χ0) is 18.1. The van der Waals surface area contributed by atoms with Gasteiger partial charge in [0, 0.05) is 25.6 Å². The Morgan fingerprint density at radius 3 is 2.92 bits per heavy atom. The summed E-state index contributed by atoms with van der Waals surface area (Å²) in [6.45, 7) is 6.82. The molecule has 3 aliphatic heterocycles. The van der Waals surface area contributed by atoms with Crippen LogP contribution in [0.4, 0.5) is 0 Å². The molecule has 1 aromatic rings. The molecule has 4 heterocycles. The van der Waals surface area contributed by atoms with Crippen LogP contribution < -0.4 is 16.3 Å². The number of nitrogens with one attached hydrogen (secondary N) is 2. The van der Waals surface area contributed by atoms with E-state index in [0.717, 1.165) is 45.4 Å². The number of aryl methyl sites for hydroxylation is 1. The molecule has 26 heavy (non-hydrogen) atoms. The van der Waals surface area contributed by atoms with Crippen molar-refractivity contribution in [1.82, 2.24) is 15.5 Å². The van der Waals surface area contributed by atoms with Crippen LogP contribution in [0, 0.1) is 6.92 Å². The van der Waals surface area contributed by atoms with Crippen LogP contribution in [0.5, 0.6) is 0 Å². The number of rotatable bonds is 2. The second-order valence-electron chi connectivity index (χ2n) is 7.72. The van der Waals surface area contributed by atoms with E-state index < -0.39 is 5.63 Å². The van der Waals surface area contributed by atoms with Crippen molar-refractivity contribution >= 4 is 5.91 Å². The lowest BCUT2D eigenvalue weighted by Crippen LogP contribution is -2.55. The zero-order valence-electron chi connectivity index (χ0n) is 15.3. The standard InChI is InChI=1S/C19H27N3O4/c1-13-9-15(14-3-2-5-20-10-14)26-18(24)16(13)17(23)22-7-8-25-19(12-22)4-6-21-11-19/h9,14,20-21H,2-8,10-12H2,1H3. The van der Waals surface area contributed by atoms with Crippen molar-refractivity contribution in [3.8, 4) is 0 Å². The molecule has 0 saturated carbocycles. The summed E-state index contributed by atoms with van der Waals surface area (Å²) in [7, 11) is 0.